The first-order chi connectivity index (χ1) is 16.7. The Balaban J connectivity index is 1.43. The van der Waals surface area contributed by atoms with Crippen LogP contribution in [0, 0.1) is 0 Å². The van der Waals surface area contributed by atoms with Gasteiger partial charge in [0.05, 0.1) is 15.6 Å². The fourth-order valence-electron chi connectivity index (χ4n) is 3.85. The molecule has 2 N–H and O–H groups in total. The monoisotopic (exact) mass is 513 g/mol. The maximum atomic E-state index is 13.3. The summed E-state index contributed by atoms with van der Waals surface area (Å²) >= 11 is 6.31. The van der Waals surface area contributed by atoms with E-state index >= 15 is 0 Å². The Morgan fingerprint density at radius 2 is 1.74 bits per heavy atom. The van der Waals surface area contributed by atoms with Crippen molar-refractivity contribution in [3.05, 3.63) is 77.3 Å². The highest BCUT2D eigenvalue weighted by Crippen LogP contribution is 2.34. The van der Waals surface area contributed by atoms with Crippen LogP contribution in [0.4, 0.5) is 17.1 Å². The van der Waals surface area contributed by atoms with Crippen LogP contribution < -0.4 is 19.7 Å². The van der Waals surface area contributed by atoms with Gasteiger partial charge in [0.2, 0.25) is 5.91 Å². The molecule has 0 fully saturated rings. The van der Waals surface area contributed by atoms with E-state index in [-0.39, 0.29) is 28.2 Å². The Morgan fingerprint density at radius 1 is 1.00 bits per heavy atom. The minimum Gasteiger partial charge on any atom is -0.482 e. The minimum atomic E-state index is -3.82. The SMILES string of the molecule is CC(=O)Nc1cccc(NC(=O)COc2ccc(S(=O)(=O)N3CCCc4ccccc43)cc2Cl)c1. The second kappa shape index (κ2) is 10.4. The summed E-state index contributed by atoms with van der Waals surface area (Å²) in [6.45, 7) is 1.44. The Morgan fingerprint density at radius 3 is 2.49 bits per heavy atom. The van der Waals surface area contributed by atoms with Crippen LogP contribution in [0.3, 0.4) is 0 Å². The largest absolute Gasteiger partial charge is 0.482 e. The molecule has 1 heterocycles. The van der Waals surface area contributed by atoms with Gasteiger partial charge in [-0.15, -0.1) is 0 Å². The molecule has 1 aliphatic rings. The van der Waals surface area contributed by atoms with Crippen molar-refractivity contribution in [1.29, 1.82) is 0 Å². The molecule has 0 aromatic heterocycles. The van der Waals surface area contributed by atoms with E-state index in [2.05, 4.69) is 10.6 Å². The summed E-state index contributed by atoms with van der Waals surface area (Å²) in [5.41, 5.74) is 2.70. The number of hydrogen-bond donors (Lipinski definition) is 2. The van der Waals surface area contributed by atoms with Crippen molar-refractivity contribution < 1.29 is 22.7 Å². The first-order valence-electron chi connectivity index (χ1n) is 10.9. The van der Waals surface area contributed by atoms with Gasteiger partial charge < -0.3 is 15.4 Å². The molecule has 3 aromatic rings. The Bertz CT molecular complexity index is 1380. The van der Waals surface area contributed by atoms with Crippen LogP contribution in [-0.4, -0.2) is 33.4 Å². The maximum absolute atomic E-state index is 13.3. The number of fused-ring (bicyclic) bond motifs is 1. The molecular formula is C25H24ClN3O5S. The van der Waals surface area contributed by atoms with Crippen molar-refractivity contribution in [2.45, 2.75) is 24.7 Å². The van der Waals surface area contributed by atoms with Crippen molar-refractivity contribution in [2.75, 3.05) is 28.1 Å². The van der Waals surface area contributed by atoms with Crippen molar-refractivity contribution in [3.63, 3.8) is 0 Å². The van der Waals surface area contributed by atoms with E-state index in [1.807, 2.05) is 18.2 Å². The van der Waals surface area contributed by atoms with Crippen molar-refractivity contribution in [2.24, 2.45) is 0 Å². The van der Waals surface area contributed by atoms with Gasteiger partial charge >= 0.3 is 0 Å². The van der Waals surface area contributed by atoms with Gasteiger partial charge in [0, 0.05) is 24.8 Å². The highest BCUT2D eigenvalue weighted by atomic mass is 35.5. The summed E-state index contributed by atoms with van der Waals surface area (Å²) in [6, 6.07) is 18.3. The molecule has 182 valence electrons. The van der Waals surface area contributed by atoms with Crippen LogP contribution in [0.15, 0.2) is 71.6 Å². The van der Waals surface area contributed by atoms with Gasteiger partial charge in [-0.1, -0.05) is 35.9 Å². The summed E-state index contributed by atoms with van der Waals surface area (Å²) < 4.78 is 33.5. The third kappa shape index (κ3) is 5.75. The number of carbonyl (C=O) groups is 2. The Hall–Kier alpha value is -3.56. The van der Waals surface area contributed by atoms with Crippen LogP contribution in [0.1, 0.15) is 18.9 Å². The number of sulfonamides is 1. The molecule has 4 rings (SSSR count). The quantitative estimate of drug-likeness (QED) is 0.485. The number of para-hydroxylation sites is 1. The lowest BCUT2D eigenvalue weighted by atomic mass is 10.0. The number of nitrogens with zero attached hydrogens (tertiary/aromatic N) is 1. The van der Waals surface area contributed by atoms with E-state index in [0.29, 0.717) is 23.6 Å². The Kier molecular flexibility index (Phi) is 7.28. The third-order valence-corrected chi connectivity index (χ3v) is 7.49. The van der Waals surface area contributed by atoms with E-state index in [0.717, 1.165) is 18.4 Å². The predicted octanol–water partition coefficient (Wildman–Crippen LogP) is 4.46. The highest BCUT2D eigenvalue weighted by molar-refractivity contribution is 7.92. The van der Waals surface area contributed by atoms with Gasteiger partial charge in [0.15, 0.2) is 6.61 Å². The van der Waals surface area contributed by atoms with Crippen LogP contribution in [0.25, 0.3) is 0 Å². The molecule has 0 aliphatic carbocycles. The molecule has 8 nitrogen and oxygen atoms in total. The van der Waals surface area contributed by atoms with Gasteiger partial charge in [-0.2, -0.15) is 0 Å². The number of halogens is 1. The van der Waals surface area contributed by atoms with E-state index in [1.54, 1.807) is 30.3 Å². The summed E-state index contributed by atoms with van der Waals surface area (Å²) in [7, 11) is -3.82. The summed E-state index contributed by atoms with van der Waals surface area (Å²) in [5, 5.41) is 5.39. The number of rotatable bonds is 7. The summed E-state index contributed by atoms with van der Waals surface area (Å²) in [6.07, 6.45) is 1.56. The standard InChI is InChI=1S/C25H24ClN3O5S/c1-17(30)27-19-8-4-9-20(14-19)28-25(31)16-34-24-12-11-21(15-22(24)26)35(32,33)29-13-5-7-18-6-2-3-10-23(18)29/h2-4,6,8-12,14-15H,5,7,13,16H2,1H3,(H,27,30)(H,28,31). The fraction of sp³-hybridized carbons (Fsp3) is 0.200. The molecule has 3 aromatic carbocycles. The molecule has 0 spiro atoms. The number of aryl methyl sites for hydroxylation is 1. The number of carbonyl (C=O) groups excluding carboxylic acids is 2. The average Bonchev–Trinajstić information content (AvgIpc) is 2.82. The second-order valence-corrected chi connectivity index (χ2v) is 10.3. The van der Waals surface area contributed by atoms with Crippen LogP contribution in [-0.2, 0) is 26.0 Å². The lowest BCUT2D eigenvalue weighted by Gasteiger charge is -2.30. The zero-order valence-corrected chi connectivity index (χ0v) is 20.5. The van der Waals surface area contributed by atoms with Crippen molar-refractivity contribution >= 4 is 50.5 Å². The molecule has 10 heteroatoms. The van der Waals surface area contributed by atoms with E-state index < -0.39 is 15.9 Å². The van der Waals surface area contributed by atoms with Crippen molar-refractivity contribution in [3.8, 4) is 5.75 Å². The van der Waals surface area contributed by atoms with E-state index in [9.17, 15) is 18.0 Å². The molecule has 0 bridgehead atoms. The van der Waals surface area contributed by atoms with E-state index in [4.69, 9.17) is 16.3 Å². The van der Waals surface area contributed by atoms with Gasteiger partial charge in [0.25, 0.3) is 15.9 Å². The number of hydrogen-bond acceptors (Lipinski definition) is 5. The zero-order valence-electron chi connectivity index (χ0n) is 19.0. The molecule has 0 radical (unpaired) electrons. The summed E-state index contributed by atoms with van der Waals surface area (Å²) in [4.78, 5) is 23.6. The molecule has 0 unspecified atom stereocenters. The minimum absolute atomic E-state index is 0.0470. The Labute approximate surface area is 208 Å². The topological polar surface area (TPSA) is 105 Å². The van der Waals surface area contributed by atoms with Gasteiger partial charge in [-0.25, -0.2) is 8.42 Å². The lowest BCUT2D eigenvalue weighted by Crippen LogP contribution is -2.35. The first-order valence-corrected chi connectivity index (χ1v) is 12.8. The van der Waals surface area contributed by atoms with Crippen LogP contribution in [0.2, 0.25) is 5.02 Å². The molecular weight excluding hydrogens is 490 g/mol. The fourth-order valence-corrected chi connectivity index (χ4v) is 5.72. The number of amides is 2. The number of anilines is 3. The highest BCUT2D eigenvalue weighted by Gasteiger charge is 2.29. The molecule has 0 atom stereocenters. The number of nitrogens with one attached hydrogen (secondary N) is 2. The normalized spacial score (nSPS) is 13.0. The van der Waals surface area contributed by atoms with E-state index in [1.165, 1.54) is 29.4 Å². The lowest BCUT2D eigenvalue weighted by molar-refractivity contribution is -0.118. The smallest absolute Gasteiger partial charge is 0.264 e. The van der Waals surface area contributed by atoms with Crippen LogP contribution in [0.5, 0.6) is 5.75 Å². The molecule has 35 heavy (non-hydrogen) atoms. The predicted molar refractivity (Wildman–Crippen MR) is 136 cm³/mol. The van der Waals surface area contributed by atoms with Gasteiger partial charge in [-0.3, -0.25) is 13.9 Å². The van der Waals surface area contributed by atoms with Crippen LogP contribution >= 0.6 is 11.6 Å². The van der Waals surface area contributed by atoms with Crippen molar-refractivity contribution in [1.82, 2.24) is 0 Å². The third-order valence-electron chi connectivity index (χ3n) is 5.38. The summed E-state index contributed by atoms with van der Waals surface area (Å²) in [5.74, 6) is -0.476. The molecule has 0 saturated carbocycles. The maximum Gasteiger partial charge on any atom is 0.264 e. The molecule has 1 aliphatic heterocycles. The zero-order chi connectivity index (χ0) is 25.0. The number of ether oxygens (including phenoxy) is 1. The van der Waals surface area contributed by atoms with Gasteiger partial charge in [0.1, 0.15) is 5.75 Å². The second-order valence-electron chi connectivity index (χ2n) is 8.00. The number of benzene rings is 3. The molecule has 2 amide bonds. The first kappa shape index (κ1) is 24.6. The van der Waals surface area contributed by atoms with Gasteiger partial charge in [-0.05, 0) is 60.9 Å². The average molecular weight is 514 g/mol. The molecule has 0 saturated heterocycles.